The second kappa shape index (κ2) is 12.5. The summed E-state index contributed by atoms with van der Waals surface area (Å²) in [5.74, 6) is 0. The SMILES string of the molecule is CC(C)(C)c1ccc(N2c3cc(N(c4ccccc4)c4ccc5oc6ccccc6c5c4)ccc3B3c4cc5c(cc4C(C)(C)c4cccc2c43)oc2ccccc25)cc1. The third-order valence-corrected chi connectivity index (χ3v) is 13.3. The largest absolute Gasteiger partial charge is 0.456 e. The summed E-state index contributed by atoms with van der Waals surface area (Å²) >= 11 is 0. The highest BCUT2D eigenvalue weighted by Gasteiger charge is 2.46. The number of fused-ring (bicyclic) bond motifs is 10. The van der Waals surface area contributed by atoms with E-state index in [9.17, 15) is 0 Å². The van der Waals surface area contributed by atoms with Gasteiger partial charge in [-0.05, 0) is 112 Å². The summed E-state index contributed by atoms with van der Waals surface area (Å²) < 4.78 is 12.8. The predicted octanol–water partition coefficient (Wildman–Crippen LogP) is 13.2. The zero-order valence-electron chi connectivity index (χ0n) is 34.5. The molecule has 0 atom stereocenters. The maximum Gasteiger partial charge on any atom is 0.247 e. The molecule has 0 spiro atoms. The molecule has 5 heteroatoms. The molecule has 0 unspecified atom stereocenters. The summed E-state index contributed by atoms with van der Waals surface area (Å²) in [7, 11) is 0. The van der Waals surface area contributed by atoms with Crippen molar-refractivity contribution in [3.63, 3.8) is 0 Å². The lowest BCUT2D eigenvalue weighted by Gasteiger charge is -2.45. The molecule has 0 bridgehead atoms. The summed E-state index contributed by atoms with van der Waals surface area (Å²) in [6.07, 6.45) is 0. The Balaban J connectivity index is 1.13. The fraction of sp³-hybridized carbons (Fsp3) is 0.127. The van der Waals surface area contributed by atoms with E-state index < -0.39 is 0 Å². The molecule has 288 valence electrons. The molecule has 60 heavy (non-hydrogen) atoms. The van der Waals surface area contributed by atoms with Gasteiger partial charge in [0.25, 0.3) is 0 Å². The van der Waals surface area contributed by atoms with Gasteiger partial charge in [-0.1, -0.05) is 131 Å². The molecule has 12 rings (SSSR count). The van der Waals surface area contributed by atoms with E-state index in [2.05, 4.69) is 202 Å². The number of hydrogen-bond donors (Lipinski definition) is 0. The fourth-order valence-corrected chi connectivity index (χ4v) is 10.3. The second-order valence-electron chi connectivity index (χ2n) is 18.2. The van der Waals surface area contributed by atoms with Gasteiger partial charge in [0.05, 0.1) is 0 Å². The highest BCUT2D eigenvalue weighted by atomic mass is 16.3. The number of para-hydroxylation sites is 3. The molecule has 0 saturated heterocycles. The van der Waals surface area contributed by atoms with E-state index in [1.165, 1.54) is 44.5 Å². The van der Waals surface area contributed by atoms with Crippen LogP contribution >= 0.6 is 0 Å². The van der Waals surface area contributed by atoms with Crippen molar-refractivity contribution in [1.29, 1.82) is 0 Å². The van der Waals surface area contributed by atoms with Crippen LogP contribution in [0.15, 0.2) is 179 Å². The molecule has 0 radical (unpaired) electrons. The van der Waals surface area contributed by atoms with Gasteiger partial charge in [0.15, 0.2) is 0 Å². The first kappa shape index (κ1) is 35.0. The van der Waals surface area contributed by atoms with Gasteiger partial charge >= 0.3 is 0 Å². The van der Waals surface area contributed by atoms with Crippen LogP contribution in [0.3, 0.4) is 0 Å². The monoisotopic (exact) mass is 774 g/mol. The Hall–Kier alpha value is -6.98. The van der Waals surface area contributed by atoms with Crippen LogP contribution in [-0.2, 0) is 10.8 Å². The van der Waals surface area contributed by atoms with Crippen molar-refractivity contribution in [3.05, 3.63) is 187 Å². The van der Waals surface area contributed by atoms with Crippen LogP contribution < -0.4 is 26.2 Å². The van der Waals surface area contributed by atoms with Crippen molar-refractivity contribution in [2.24, 2.45) is 0 Å². The number of rotatable bonds is 4. The minimum atomic E-state index is -0.260. The second-order valence-corrected chi connectivity index (χ2v) is 18.2. The summed E-state index contributed by atoms with van der Waals surface area (Å²) in [5, 5.41) is 4.53. The molecule has 2 aromatic heterocycles. The van der Waals surface area contributed by atoms with Crippen LogP contribution in [-0.4, -0.2) is 6.71 Å². The number of nitrogens with zero attached hydrogens (tertiary/aromatic N) is 2. The van der Waals surface area contributed by atoms with E-state index in [1.807, 2.05) is 12.1 Å². The molecule has 2 aliphatic rings. The van der Waals surface area contributed by atoms with Gasteiger partial charge < -0.3 is 18.6 Å². The van der Waals surface area contributed by atoms with Crippen molar-refractivity contribution in [1.82, 2.24) is 0 Å². The van der Waals surface area contributed by atoms with Crippen LogP contribution in [0, 0.1) is 0 Å². The van der Waals surface area contributed by atoms with Crippen molar-refractivity contribution in [2.45, 2.75) is 45.4 Å². The Morgan fingerprint density at radius 3 is 1.85 bits per heavy atom. The lowest BCUT2D eigenvalue weighted by molar-refractivity contribution is 0.590. The maximum absolute atomic E-state index is 6.54. The fourth-order valence-electron chi connectivity index (χ4n) is 10.3. The third-order valence-electron chi connectivity index (χ3n) is 13.3. The average molecular weight is 775 g/mol. The van der Waals surface area contributed by atoms with Gasteiger partial charge in [-0.2, -0.15) is 0 Å². The molecule has 4 nitrogen and oxygen atoms in total. The van der Waals surface area contributed by atoms with Crippen molar-refractivity contribution >= 4 is 101 Å². The Bertz CT molecular complexity index is 3350. The molecule has 0 amide bonds. The highest BCUT2D eigenvalue weighted by Crippen LogP contribution is 2.46. The van der Waals surface area contributed by atoms with Crippen molar-refractivity contribution in [2.75, 3.05) is 9.80 Å². The van der Waals surface area contributed by atoms with Crippen LogP contribution in [0.4, 0.5) is 34.1 Å². The Labute approximate surface area is 350 Å². The van der Waals surface area contributed by atoms with Crippen LogP contribution in [0.25, 0.3) is 43.9 Å². The standard InChI is InChI=1S/C55H43BN2O2/c1-54(2,3)34-22-24-36(25-23-34)58-47-19-13-18-43-53(47)56(46-32-42-40-17-10-12-21-50(40)60-52(42)33-44(46)55(43,4)5)45-28-26-38(31-48(45)58)57(35-14-7-6-8-15-35)37-27-29-51-41(30-37)39-16-9-11-20-49(39)59-51/h6-33H,1-5H3. The molecular formula is C55H43BN2O2. The van der Waals surface area contributed by atoms with E-state index in [1.54, 1.807) is 0 Å². The van der Waals surface area contributed by atoms with Gasteiger partial charge in [0.2, 0.25) is 6.71 Å². The molecule has 8 aromatic carbocycles. The summed E-state index contributed by atoms with van der Waals surface area (Å²) in [6, 6.07) is 62.1. The molecule has 10 aromatic rings. The van der Waals surface area contributed by atoms with Crippen molar-refractivity contribution in [3.8, 4) is 0 Å². The molecule has 0 aliphatic carbocycles. The molecule has 0 N–H and O–H groups in total. The van der Waals surface area contributed by atoms with Gasteiger partial charge in [0.1, 0.15) is 22.3 Å². The van der Waals surface area contributed by atoms with Crippen molar-refractivity contribution < 1.29 is 8.83 Å². The van der Waals surface area contributed by atoms with Gasteiger partial charge in [0, 0.05) is 61.1 Å². The molecule has 2 aliphatic heterocycles. The van der Waals surface area contributed by atoms with Gasteiger partial charge in [-0.3, -0.25) is 0 Å². The first-order valence-electron chi connectivity index (χ1n) is 21.0. The van der Waals surface area contributed by atoms with E-state index in [-0.39, 0.29) is 17.5 Å². The number of anilines is 6. The molecule has 4 heterocycles. The van der Waals surface area contributed by atoms with E-state index in [0.717, 1.165) is 66.6 Å². The van der Waals surface area contributed by atoms with E-state index >= 15 is 0 Å². The molecule has 0 fully saturated rings. The number of hydrogen-bond acceptors (Lipinski definition) is 4. The number of furan rings is 2. The quantitative estimate of drug-likeness (QED) is 0.167. The average Bonchev–Trinajstić information content (AvgIpc) is 3.82. The third kappa shape index (κ3) is 5.05. The zero-order chi connectivity index (χ0) is 40.5. The first-order valence-corrected chi connectivity index (χ1v) is 21.0. The van der Waals surface area contributed by atoms with E-state index in [0.29, 0.717) is 0 Å². The summed E-state index contributed by atoms with van der Waals surface area (Å²) in [6.45, 7) is 11.6. The predicted molar refractivity (Wildman–Crippen MR) is 252 cm³/mol. The minimum absolute atomic E-state index is 0.0188. The Morgan fingerprint density at radius 1 is 0.483 bits per heavy atom. The van der Waals surface area contributed by atoms with Gasteiger partial charge in [-0.15, -0.1) is 0 Å². The van der Waals surface area contributed by atoms with Crippen LogP contribution in [0.2, 0.25) is 0 Å². The topological polar surface area (TPSA) is 32.8 Å². The first-order chi connectivity index (χ1) is 29.1. The Kier molecular flexibility index (Phi) is 7.30. The van der Waals surface area contributed by atoms with Crippen LogP contribution in [0.1, 0.15) is 51.3 Å². The molecular weight excluding hydrogens is 731 g/mol. The molecule has 0 saturated carbocycles. The smallest absolute Gasteiger partial charge is 0.247 e. The van der Waals surface area contributed by atoms with E-state index in [4.69, 9.17) is 8.83 Å². The summed E-state index contributed by atoms with van der Waals surface area (Å²) in [4.78, 5) is 4.90. The lowest BCUT2D eigenvalue weighted by Crippen LogP contribution is -2.64. The van der Waals surface area contributed by atoms with Crippen LogP contribution in [0.5, 0.6) is 0 Å². The minimum Gasteiger partial charge on any atom is -0.456 e. The zero-order valence-corrected chi connectivity index (χ0v) is 34.5. The summed E-state index contributed by atoms with van der Waals surface area (Å²) in [5.41, 5.74) is 18.2. The lowest BCUT2D eigenvalue weighted by atomic mass is 9.30. The highest BCUT2D eigenvalue weighted by molar-refractivity contribution is 6.99. The van der Waals surface area contributed by atoms with Gasteiger partial charge in [-0.25, -0.2) is 0 Å². The maximum atomic E-state index is 6.54. The normalized spacial score (nSPS) is 14.2. The number of benzene rings is 8. The Morgan fingerprint density at radius 2 is 1.12 bits per heavy atom.